The minimum atomic E-state index is -0.815. The zero-order valence-corrected chi connectivity index (χ0v) is 24.9. The summed E-state index contributed by atoms with van der Waals surface area (Å²) in [5.74, 6) is -0.604. The van der Waals surface area contributed by atoms with E-state index in [4.69, 9.17) is 4.74 Å². The summed E-state index contributed by atoms with van der Waals surface area (Å²) in [5.41, 5.74) is 2.06. The molecular weight excluding hydrogens is 466 g/mol. The van der Waals surface area contributed by atoms with Crippen LogP contribution in [-0.2, 0) is 14.3 Å². The Morgan fingerprint density at radius 2 is 1.57 bits per heavy atom. The Bertz CT molecular complexity index is 873. The van der Waals surface area contributed by atoms with Gasteiger partial charge in [0.15, 0.2) is 0 Å². The molecule has 3 amide bonds. The third kappa shape index (κ3) is 10.0. The lowest BCUT2D eigenvalue weighted by molar-refractivity contribution is -0.143. The number of carbonyl (C=O) groups is 3. The van der Waals surface area contributed by atoms with Gasteiger partial charge in [0.05, 0.1) is 0 Å². The molecule has 210 valence electrons. The van der Waals surface area contributed by atoms with Crippen LogP contribution in [0.4, 0.5) is 4.79 Å². The fourth-order valence-corrected chi connectivity index (χ4v) is 4.51. The first-order valence-corrected chi connectivity index (χ1v) is 13.9. The van der Waals surface area contributed by atoms with Crippen LogP contribution in [0.25, 0.3) is 0 Å². The average molecular weight is 518 g/mol. The molecule has 0 radical (unpaired) electrons. The molecule has 0 bridgehead atoms. The summed E-state index contributed by atoms with van der Waals surface area (Å²) < 4.78 is 5.48. The summed E-state index contributed by atoms with van der Waals surface area (Å²) in [6, 6.07) is 4.29. The molecule has 2 N–H and O–H groups in total. The summed E-state index contributed by atoms with van der Waals surface area (Å²) in [6.45, 7) is 19.8. The molecule has 0 saturated carbocycles. The molecule has 0 heterocycles. The van der Waals surface area contributed by atoms with Gasteiger partial charge in [0.25, 0.3) is 0 Å². The van der Waals surface area contributed by atoms with E-state index in [1.165, 1.54) is 0 Å². The third-order valence-corrected chi connectivity index (χ3v) is 6.67. The van der Waals surface area contributed by atoms with E-state index in [0.717, 1.165) is 42.4 Å². The molecule has 7 nitrogen and oxygen atoms in total. The topological polar surface area (TPSA) is 87.7 Å². The smallest absolute Gasteiger partial charge is 0.408 e. The maximum absolute atomic E-state index is 14.3. The molecule has 0 spiro atoms. The Morgan fingerprint density at radius 1 is 0.973 bits per heavy atom. The number of rotatable bonds is 13. The molecule has 0 aliphatic rings. The molecule has 4 atom stereocenters. The lowest BCUT2D eigenvalue weighted by Gasteiger charge is -2.37. The van der Waals surface area contributed by atoms with Gasteiger partial charge >= 0.3 is 6.09 Å². The fraction of sp³-hybridized carbons (Fsp3) is 0.700. The van der Waals surface area contributed by atoms with E-state index in [9.17, 15) is 14.4 Å². The van der Waals surface area contributed by atoms with Gasteiger partial charge in [-0.1, -0.05) is 65.2 Å². The van der Waals surface area contributed by atoms with E-state index in [1.54, 1.807) is 25.7 Å². The van der Waals surface area contributed by atoms with Gasteiger partial charge in [-0.2, -0.15) is 0 Å². The van der Waals surface area contributed by atoms with Gasteiger partial charge in [-0.15, -0.1) is 0 Å². The number of hydrogen-bond donors (Lipinski definition) is 2. The van der Waals surface area contributed by atoms with Crippen LogP contribution >= 0.6 is 0 Å². The second-order valence-corrected chi connectivity index (χ2v) is 11.3. The van der Waals surface area contributed by atoms with Crippen LogP contribution in [0.5, 0.6) is 0 Å². The Labute approximate surface area is 225 Å². The van der Waals surface area contributed by atoms with Crippen molar-refractivity contribution in [2.24, 2.45) is 5.92 Å². The zero-order valence-electron chi connectivity index (χ0n) is 24.9. The van der Waals surface area contributed by atoms with Crippen LogP contribution < -0.4 is 10.6 Å². The van der Waals surface area contributed by atoms with Gasteiger partial charge in [-0.05, 0) is 77.0 Å². The molecule has 0 aliphatic heterocycles. The predicted molar refractivity (Wildman–Crippen MR) is 150 cm³/mol. The quantitative estimate of drug-likeness (QED) is 0.325. The number of amides is 3. The van der Waals surface area contributed by atoms with Gasteiger partial charge in [0.2, 0.25) is 11.8 Å². The highest BCUT2D eigenvalue weighted by Crippen LogP contribution is 2.30. The zero-order chi connectivity index (χ0) is 28.3. The van der Waals surface area contributed by atoms with Crippen molar-refractivity contribution in [1.29, 1.82) is 0 Å². The second-order valence-electron chi connectivity index (χ2n) is 11.3. The van der Waals surface area contributed by atoms with Gasteiger partial charge in [-0.3, -0.25) is 9.59 Å². The maximum Gasteiger partial charge on any atom is 0.408 e. The first kappa shape index (κ1) is 32.5. The molecule has 0 fully saturated rings. The number of nitrogens with zero attached hydrogens (tertiary/aromatic N) is 1. The van der Waals surface area contributed by atoms with Gasteiger partial charge in [0, 0.05) is 12.6 Å². The minimum Gasteiger partial charge on any atom is -0.444 e. The van der Waals surface area contributed by atoms with Gasteiger partial charge in [-0.25, -0.2) is 4.79 Å². The number of aryl methyl sites for hydroxylation is 2. The number of ether oxygens (including phenoxy) is 1. The SMILES string of the molecule is CCCCN(C(=O)C(NC(=O)OC(C)(C)C)C(C)CC)C(C(=O)NC(C)CCC)c1c(C)cccc1C. The molecule has 37 heavy (non-hydrogen) atoms. The monoisotopic (exact) mass is 517 g/mol. The van der Waals surface area contributed by atoms with Crippen molar-refractivity contribution >= 4 is 17.9 Å². The van der Waals surface area contributed by atoms with E-state index >= 15 is 0 Å². The highest BCUT2D eigenvalue weighted by Gasteiger charge is 2.39. The van der Waals surface area contributed by atoms with Crippen molar-refractivity contribution in [1.82, 2.24) is 15.5 Å². The summed E-state index contributed by atoms with van der Waals surface area (Å²) in [4.78, 5) is 42.6. The van der Waals surface area contributed by atoms with Crippen molar-refractivity contribution in [2.45, 2.75) is 125 Å². The fourth-order valence-electron chi connectivity index (χ4n) is 4.51. The largest absolute Gasteiger partial charge is 0.444 e. The van der Waals surface area contributed by atoms with Crippen molar-refractivity contribution in [3.8, 4) is 0 Å². The summed E-state index contributed by atoms with van der Waals surface area (Å²) in [5, 5.41) is 5.99. The molecule has 7 heteroatoms. The number of nitrogens with one attached hydrogen (secondary N) is 2. The number of unbranched alkanes of at least 4 members (excludes halogenated alkanes) is 1. The molecule has 0 aromatic heterocycles. The van der Waals surface area contributed by atoms with Crippen LogP contribution in [0, 0.1) is 19.8 Å². The highest BCUT2D eigenvalue weighted by atomic mass is 16.6. The summed E-state index contributed by atoms with van der Waals surface area (Å²) in [6.07, 6.45) is 3.45. The molecular formula is C30H51N3O4. The third-order valence-electron chi connectivity index (χ3n) is 6.67. The predicted octanol–water partition coefficient (Wildman–Crippen LogP) is 6.22. The number of carbonyl (C=O) groups excluding carboxylic acids is 3. The Morgan fingerprint density at radius 3 is 2.05 bits per heavy atom. The van der Waals surface area contributed by atoms with E-state index < -0.39 is 23.8 Å². The van der Waals surface area contributed by atoms with Gasteiger partial charge < -0.3 is 20.3 Å². The number of alkyl carbamates (subject to hydrolysis) is 1. The van der Waals surface area contributed by atoms with Crippen molar-refractivity contribution in [3.05, 3.63) is 34.9 Å². The van der Waals surface area contributed by atoms with Crippen LogP contribution in [-0.4, -0.2) is 47.0 Å². The van der Waals surface area contributed by atoms with Crippen LogP contribution in [0.2, 0.25) is 0 Å². The van der Waals surface area contributed by atoms with E-state index in [-0.39, 0.29) is 23.8 Å². The maximum atomic E-state index is 14.3. The lowest BCUT2D eigenvalue weighted by atomic mass is 9.91. The van der Waals surface area contributed by atoms with Crippen molar-refractivity contribution in [2.75, 3.05) is 6.54 Å². The lowest BCUT2D eigenvalue weighted by Crippen LogP contribution is -2.56. The standard InChI is InChI=1S/C30H51N3O4/c1-11-14-19-33(28(35)25(20(4)13-3)32-29(36)37-30(8,9)10)26(27(34)31-23(7)16-12-2)24-21(5)17-15-18-22(24)6/h15,17-18,20,23,25-26H,11-14,16,19H2,1-10H3,(H,31,34)(H,32,36). The Kier molecular flexibility index (Phi) is 13.2. The number of hydrogen-bond acceptors (Lipinski definition) is 4. The normalized spacial score (nSPS) is 14.8. The molecule has 0 saturated heterocycles. The molecule has 1 aromatic rings. The van der Waals surface area contributed by atoms with Gasteiger partial charge in [0.1, 0.15) is 17.7 Å². The van der Waals surface area contributed by atoms with E-state index in [2.05, 4.69) is 24.5 Å². The van der Waals surface area contributed by atoms with Crippen LogP contribution in [0.15, 0.2) is 18.2 Å². The number of benzene rings is 1. The minimum absolute atomic E-state index is 0.0160. The Hall–Kier alpha value is -2.57. The molecule has 1 rings (SSSR count). The van der Waals surface area contributed by atoms with Crippen molar-refractivity contribution < 1.29 is 19.1 Å². The molecule has 1 aromatic carbocycles. The Balaban J connectivity index is 3.61. The summed E-state index contributed by atoms with van der Waals surface area (Å²) in [7, 11) is 0. The van der Waals surface area contributed by atoms with E-state index in [1.807, 2.05) is 52.8 Å². The van der Waals surface area contributed by atoms with E-state index in [0.29, 0.717) is 13.0 Å². The summed E-state index contributed by atoms with van der Waals surface area (Å²) >= 11 is 0. The highest BCUT2D eigenvalue weighted by molar-refractivity contribution is 5.92. The van der Waals surface area contributed by atoms with Crippen LogP contribution in [0.1, 0.15) is 110 Å². The first-order valence-electron chi connectivity index (χ1n) is 13.9. The second kappa shape index (κ2) is 15.0. The van der Waals surface area contributed by atoms with Crippen LogP contribution in [0.3, 0.4) is 0 Å². The molecule has 4 unspecified atom stereocenters. The first-order chi connectivity index (χ1) is 17.3. The van der Waals surface area contributed by atoms with Crippen molar-refractivity contribution in [3.63, 3.8) is 0 Å². The average Bonchev–Trinajstić information content (AvgIpc) is 2.79. The molecule has 0 aliphatic carbocycles.